The van der Waals surface area contributed by atoms with E-state index in [1.165, 1.54) is 10.5 Å². The van der Waals surface area contributed by atoms with Gasteiger partial charge in [-0.25, -0.2) is 0 Å². The molecule has 0 N–H and O–H groups in total. The van der Waals surface area contributed by atoms with E-state index in [0.29, 0.717) is 29.4 Å². The molecule has 0 atom stereocenters. The molecule has 2 amide bonds. The number of nitrogens with zero attached hydrogens (tertiary/aromatic N) is 2. The first kappa shape index (κ1) is 24.0. The summed E-state index contributed by atoms with van der Waals surface area (Å²) in [5, 5.41) is 9.00. The average molecular weight is 580 g/mol. The minimum absolute atomic E-state index is 0.227. The van der Waals surface area contributed by atoms with Gasteiger partial charge in [0.1, 0.15) is 12.4 Å². The molecular formula is C27H21IN2O3S. The van der Waals surface area contributed by atoms with E-state index in [4.69, 9.17) is 4.74 Å². The summed E-state index contributed by atoms with van der Waals surface area (Å²) in [6, 6.07) is 25.2. The molecular weight excluding hydrogens is 559 g/mol. The maximum atomic E-state index is 12.8. The number of hydrogen-bond acceptors (Lipinski definition) is 5. The third-order valence-electron chi connectivity index (χ3n) is 5.34. The van der Waals surface area contributed by atoms with Crippen LogP contribution in [0.5, 0.6) is 5.75 Å². The van der Waals surface area contributed by atoms with Gasteiger partial charge in [0.2, 0.25) is 0 Å². The number of amides is 2. The van der Waals surface area contributed by atoms with E-state index in [2.05, 4.69) is 28.7 Å². The molecule has 0 spiro atoms. The maximum absolute atomic E-state index is 12.8. The van der Waals surface area contributed by atoms with Crippen molar-refractivity contribution in [2.45, 2.75) is 19.4 Å². The van der Waals surface area contributed by atoms with Crippen LogP contribution in [0.15, 0.2) is 77.7 Å². The first-order valence-corrected chi connectivity index (χ1v) is 12.6. The smallest absolute Gasteiger partial charge is 0.293 e. The number of rotatable bonds is 8. The van der Waals surface area contributed by atoms with Crippen molar-refractivity contribution in [1.29, 1.82) is 5.26 Å². The van der Waals surface area contributed by atoms with E-state index in [0.717, 1.165) is 39.3 Å². The number of carbonyl (C=O) groups excluding carboxylic acids is 2. The molecule has 170 valence electrons. The van der Waals surface area contributed by atoms with Crippen LogP contribution < -0.4 is 4.74 Å². The normalized spacial score (nSPS) is 14.5. The fourth-order valence-corrected chi connectivity index (χ4v) is 5.12. The van der Waals surface area contributed by atoms with Crippen molar-refractivity contribution in [2.24, 2.45) is 0 Å². The molecule has 0 saturated carbocycles. The molecule has 1 aliphatic rings. The first-order chi connectivity index (χ1) is 16.5. The van der Waals surface area contributed by atoms with E-state index < -0.39 is 0 Å². The Bertz CT molecular complexity index is 1280. The van der Waals surface area contributed by atoms with Gasteiger partial charge in [-0.05, 0) is 82.6 Å². The lowest BCUT2D eigenvalue weighted by molar-refractivity contribution is -0.122. The molecule has 0 unspecified atom stereocenters. The molecule has 0 radical (unpaired) electrons. The summed E-state index contributed by atoms with van der Waals surface area (Å²) in [5.41, 5.74) is 3.43. The number of aryl methyl sites for hydroxylation is 1. The maximum Gasteiger partial charge on any atom is 0.293 e. The van der Waals surface area contributed by atoms with Crippen LogP contribution in [0, 0.1) is 14.9 Å². The van der Waals surface area contributed by atoms with Crippen molar-refractivity contribution >= 4 is 51.6 Å². The van der Waals surface area contributed by atoms with Gasteiger partial charge < -0.3 is 4.74 Å². The summed E-state index contributed by atoms with van der Waals surface area (Å²) in [6.07, 6.45) is 3.30. The van der Waals surface area contributed by atoms with Crippen LogP contribution in [0.1, 0.15) is 28.7 Å². The number of hydrogen-bond donors (Lipinski definition) is 0. The molecule has 5 nitrogen and oxygen atoms in total. The second-order valence-corrected chi connectivity index (χ2v) is 9.83. The Labute approximate surface area is 216 Å². The van der Waals surface area contributed by atoms with Crippen LogP contribution >= 0.6 is 34.4 Å². The van der Waals surface area contributed by atoms with Crippen molar-refractivity contribution < 1.29 is 14.3 Å². The van der Waals surface area contributed by atoms with Crippen LogP contribution in [0.4, 0.5) is 4.79 Å². The highest BCUT2D eigenvalue weighted by atomic mass is 127. The standard InChI is InChI=1S/C27H21IN2O3S/c28-23-15-20(12-13-24(23)33-18-22-11-5-4-10-21(22)17-29)16-25-26(31)30(27(32)34-25)14-6-9-19-7-2-1-3-8-19/h1-5,7-8,10-13,15-16H,6,9,14,18H2/b25-16+. The molecule has 0 aromatic heterocycles. The first-order valence-electron chi connectivity index (χ1n) is 10.7. The molecule has 4 rings (SSSR count). The molecule has 0 bridgehead atoms. The Balaban J connectivity index is 1.38. The zero-order chi connectivity index (χ0) is 23.9. The van der Waals surface area contributed by atoms with Crippen LogP contribution in [0.3, 0.4) is 0 Å². The summed E-state index contributed by atoms with van der Waals surface area (Å²) >= 11 is 3.16. The predicted octanol–water partition coefficient (Wildman–Crippen LogP) is 6.41. The van der Waals surface area contributed by atoms with Gasteiger partial charge in [0.05, 0.1) is 20.1 Å². The van der Waals surface area contributed by atoms with Crippen LogP contribution in [0.2, 0.25) is 0 Å². The van der Waals surface area contributed by atoms with Crippen molar-refractivity contribution in [3.05, 3.63) is 104 Å². The van der Waals surface area contributed by atoms with Gasteiger partial charge in [0, 0.05) is 12.1 Å². The molecule has 1 heterocycles. The lowest BCUT2D eigenvalue weighted by Crippen LogP contribution is -2.29. The molecule has 7 heteroatoms. The fraction of sp³-hybridized carbons (Fsp3) is 0.148. The lowest BCUT2D eigenvalue weighted by atomic mass is 10.1. The SMILES string of the molecule is N#Cc1ccccc1COc1ccc(/C=C2/SC(=O)N(CCCc3ccccc3)C2=O)cc1I. The summed E-state index contributed by atoms with van der Waals surface area (Å²) in [5.74, 6) is 0.450. The van der Waals surface area contributed by atoms with Gasteiger partial charge in [-0.2, -0.15) is 5.26 Å². The van der Waals surface area contributed by atoms with E-state index in [1.54, 1.807) is 12.1 Å². The lowest BCUT2D eigenvalue weighted by Gasteiger charge is -2.12. The molecule has 3 aromatic rings. The number of thioether (sulfide) groups is 1. The average Bonchev–Trinajstić information content (AvgIpc) is 3.11. The fourth-order valence-electron chi connectivity index (χ4n) is 3.56. The van der Waals surface area contributed by atoms with Crippen LogP contribution in [-0.2, 0) is 17.8 Å². The molecule has 1 fully saturated rings. The Hall–Kier alpha value is -3.09. The Morgan fingerprint density at radius 1 is 1.03 bits per heavy atom. The molecule has 1 aliphatic heterocycles. The number of halogens is 1. The summed E-state index contributed by atoms with van der Waals surface area (Å²) in [6.45, 7) is 0.701. The number of benzene rings is 3. The van der Waals surface area contributed by atoms with E-state index in [9.17, 15) is 14.9 Å². The number of ether oxygens (including phenoxy) is 1. The van der Waals surface area contributed by atoms with Gasteiger partial charge >= 0.3 is 0 Å². The molecule has 1 saturated heterocycles. The third kappa shape index (κ3) is 5.88. The molecule has 34 heavy (non-hydrogen) atoms. The minimum Gasteiger partial charge on any atom is -0.488 e. The van der Waals surface area contributed by atoms with Gasteiger partial charge in [0.25, 0.3) is 11.1 Å². The predicted molar refractivity (Wildman–Crippen MR) is 142 cm³/mol. The van der Waals surface area contributed by atoms with Crippen molar-refractivity contribution in [2.75, 3.05) is 6.54 Å². The second-order valence-electron chi connectivity index (χ2n) is 7.67. The largest absolute Gasteiger partial charge is 0.488 e. The number of imide groups is 1. The van der Waals surface area contributed by atoms with Crippen LogP contribution in [0.25, 0.3) is 6.08 Å². The minimum atomic E-state index is -0.244. The second kappa shape index (κ2) is 11.4. The molecule has 0 aliphatic carbocycles. The highest BCUT2D eigenvalue weighted by molar-refractivity contribution is 14.1. The summed E-state index contributed by atoms with van der Waals surface area (Å²) in [7, 11) is 0. The van der Waals surface area contributed by atoms with Gasteiger partial charge in [-0.3, -0.25) is 14.5 Å². The summed E-state index contributed by atoms with van der Waals surface area (Å²) in [4.78, 5) is 27.0. The van der Waals surface area contributed by atoms with E-state index in [-0.39, 0.29) is 11.1 Å². The Morgan fingerprint density at radius 3 is 2.56 bits per heavy atom. The van der Waals surface area contributed by atoms with Crippen LogP contribution in [-0.4, -0.2) is 22.6 Å². The van der Waals surface area contributed by atoms with E-state index in [1.807, 2.05) is 66.7 Å². The van der Waals surface area contributed by atoms with Gasteiger partial charge in [0.15, 0.2) is 0 Å². The zero-order valence-electron chi connectivity index (χ0n) is 18.2. The highest BCUT2D eigenvalue weighted by Gasteiger charge is 2.34. The van der Waals surface area contributed by atoms with Gasteiger partial charge in [-0.15, -0.1) is 0 Å². The topological polar surface area (TPSA) is 70.4 Å². The number of nitriles is 1. The Kier molecular flexibility index (Phi) is 8.03. The third-order valence-corrected chi connectivity index (χ3v) is 7.09. The quantitative estimate of drug-likeness (QED) is 0.228. The van der Waals surface area contributed by atoms with Crippen molar-refractivity contribution in [1.82, 2.24) is 4.90 Å². The summed E-state index contributed by atoms with van der Waals surface area (Å²) < 4.78 is 6.79. The molecule has 3 aromatic carbocycles. The zero-order valence-corrected chi connectivity index (χ0v) is 21.2. The van der Waals surface area contributed by atoms with Crippen molar-refractivity contribution in [3.8, 4) is 11.8 Å². The number of carbonyl (C=O) groups is 2. The van der Waals surface area contributed by atoms with Gasteiger partial charge in [-0.1, -0.05) is 54.6 Å². The highest BCUT2D eigenvalue weighted by Crippen LogP contribution is 2.33. The van der Waals surface area contributed by atoms with Crippen molar-refractivity contribution in [3.63, 3.8) is 0 Å². The van der Waals surface area contributed by atoms with E-state index >= 15 is 0 Å². The monoisotopic (exact) mass is 580 g/mol. The Morgan fingerprint density at radius 2 is 1.79 bits per heavy atom.